The van der Waals surface area contributed by atoms with Crippen molar-refractivity contribution in [1.82, 2.24) is 5.32 Å². The predicted octanol–water partition coefficient (Wildman–Crippen LogP) is 2.34. The lowest BCUT2D eigenvalue weighted by Crippen LogP contribution is -2.34. The molecule has 4 nitrogen and oxygen atoms in total. The van der Waals surface area contributed by atoms with Gasteiger partial charge in [0, 0.05) is 23.4 Å². The summed E-state index contributed by atoms with van der Waals surface area (Å²) in [6, 6.07) is 5.61. The van der Waals surface area contributed by atoms with Gasteiger partial charge in [-0.3, -0.25) is 4.79 Å². The fraction of sp³-hybridized carbons (Fsp3) is 0.500. The molecule has 0 bridgehead atoms. The number of amides is 1. The third-order valence-electron chi connectivity index (χ3n) is 2.88. The predicted molar refractivity (Wildman–Crippen MR) is 78.6 cm³/mol. The van der Waals surface area contributed by atoms with E-state index in [1.165, 1.54) is 0 Å². The number of rotatable bonds is 7. The third-order valence-corrected chi connectivity index (χ3v) is 3.12. The highest BCUT2D eigenvalue weighted by Crippen LogP contribution is 2.19. The van der Waals surface area contributed by atoms with Gasteiger partial charge in [0.2, 0.25) is 5.91 Å². The summed E-state index contributed by atoms with van der Waals surface area (Å²) in [5.41, 5.74) is 1.72. The number of carbonyl (C=O) groups is 1. The Bertz CT molecular complexity index is 424. The van der Waals surface area contributed by atoms with Crippen molar-refractivity contribution in [3.05, 3.63) is 28.8 Å². The number of anilines is 1. The van der Waals surface area contributed by atoms with Crippen molar-refractivity contribution >= 4 is 23.2 Å². The molecule has 0 aliphatic carbocycles. The van der Waals surface area contributed by atoms with Crippen molar-refractivity contribution < 1.29 is 9.90 Å². The number of carbonyl (C=O) groups excluding carboxylic acids is 1. The molecule has 0 aliphatic heterocycles. The van der Waals surface area contributed by atoms with Crippen LogP contribution in [0.25, 0.3) is 0 Å². The lowest BCUT2D eigenvalue weighted by Gasteiger charge is -2.14. The van der Waals surface area contributed by atoms with E-state index in [0.717, 1.165) is 24.1 Å². The number of aliphatic hydroxyl groups excluding tert-OH is 1. The largest absolute Gasteiger partial charge is 0.396 e. The zero-order valence-corrected chi connectivity index (χ0v) is 12.1. The van der Waals surface area contributed by atoms with Gasteiger partial charge < -0.3 is 15.7 Å². The van der Waals surface area contributed by atoms with Gasteiger partial charge >= 0.3 is 0 Å². The second kappa shape index (κ2) is 8.15. The van der Waals surface area contributed by atoms with Gasteiger partial charge in [-0.25, -0.2) is 0 Å². The molecule has 0 saturated carbocycles. The van der Waals surface area contributed by atoms with E-state index in [1.807, 2.05) is 19.9 Å². The van der Waals surface area contributed by atoms with Crippen LogP contribution in [0.4, 0.5) is 5.69 Å². The van der Waals surface area contributed by atoms with Gasteiger partial charge in [-0.15, -0.1) is 0 Å². The number of halogens is 1. The summed E-state index contributed by atoms with van der Waals surface area (Å²) in [6.45, 7) is 4.34. The highest BCUT2D eigenvalue weighted by Gasteiger charge is 2.07. The molecule has 0 radical (unpaired) electrons. The maximum absolute atomic E-state index is 11.8. The van der Waals surface area contributed by atoms with Gasteiger partial charge in [-0.2, -0.15) is 0 Å². The van der Waals surface area contributed by atoms with E-state index in [1.54, 1.807) is 12.1 Å². The van der Waals surface area contributed by atoms with Crippen molar-refractivity contribution in [3.8, 4) is 0 Å². The molecule has 0 heterocycles. The smallest absolute Gasteiger partial charge is 0.238 e. The maximum atomic E-state index is 11.8. The zero-order chi connectivity index (χ0) is 14.3. The second-order valence-corrected chi connectivity index (χ2v) is 5.09. The van der Waals surface area contributed by atoms with Crippen LogP contribution in [0.2, 0.25) is 5.02 Å². The Morgan fingerprint density at radius 1 is 1.47 bits per heavy atom. The van der Waals surface area contributed by atoms with E-state index >= 15 is 0 Å². The van der Waals surface area contributed by atoms with Gasteiger partial charge in [-0.1, -0.05) is 17.7 Å². The van der Waals surface area contributed by atoms with E-state index in [2.05, 4.69) is 10.6 Å². The molecular weight excluding hydrogens is 264 g/mol. The number of aliphatic hydroxyl groups is 1. The summed E-state index contributed by atoms with van der Waals surface area (Å²) in [7, 11) is 0. The topological polar surface area (TPSA) is 61.4 Å². The molecule has 1 atom stereocenters. The van der Waals surface area contributed by atoms with Crippen molar-refractivity contribution in [2.45, 2.75) is 32.7 Å². The molecule has 1 aromatic carbocycles. The fourth-order valence-corrected chi connectivity index (χ4v) is 1.86. The van der Waals surface area contributed by atoms with Crippen molar-refractivity contribution in [3.63, 3.8) is 0 Å². The molecule has 0 saturated heterocycles. The first-order valence-electron chi connectivity index (χ1n) is 6.43. The van der Waals surface area contributed by atoms with Crippen LogP contribution in [0.3, 0.4) is 0 Å². The molecule has 0 fully saturated rings. The van der Waals surface area contributed by atoms with Crippen LogP contribution in [0.5, 0.6) is 0 Å². The molecule has 106 valence electrons. The molecule has 0 spiro atoms. The Morgan fingerprint density at radius 2 is 2.21 bits per heavy atom. The fourth-order valence-electron chi connectivity index (χ4n) is 1.69. The number of aryl methyl sites for hydroxylation is 1. The van der Waals surface area contributed by atoms with E-state index in [0.29, 0.717) is 5.02 Å². The summed E-state index contributed by atoms with van der Waals surface area (Å²) in [4.78, 5) is 11.8. The van der Waals surface area contributed by atoms with Crippen LogP contribution in [-0.2, 0) is 4.79 Å². The number of nitrogens with one attached hydrogen (secondary N) is 2. The highest BCUT2D eigenvalue weighted by molar-refractivity contribution is 6.31. The van der Waals surface area contributed by atoms with Crippen LogP contribution >= 0.6 is 11.6 Å². The average Bonchev–Trinajstić information content (AvgIpc) is 2.38. The first-order chi connectivity index (χ1) is 9.02. The molecule has 1 rings (SSSR count). The molecule has 0 aromatic heterocycles. The summed E-state index contributed by atoms with van der Waals surface area (Å²) >= 11 is 5.89. The van der Waals surface area contributed by atoms with E-state index in [4.69, 9.17) is 16.7 Å². The maximum Gasteiger partial charge on any atom is 0.238 e. The van der Waals surface area contributed by atoms with Crippen LogP contribution in [0.1, 0.15) is 25.3 Å². The number of hydrogen-bond donors (Lipinski definition) is 3. The number of hydrogen-bond acceptors (Lipinski definition) is 3. The third kappa shape index (κ3) is 6.05. The minimum atomic E-state index is -0.0961. The Hall–Kier alpha value is -1.10. The van der Waals surface area contributed by atoms with Gasteiger partial charge in [0.1, 0.15) is 0 Å². The molecular formula is C14H21ClN2O2. The lowest BCUT2D eigenvalue weighted by atomic mass is 10.2. The standard InChI is InChI=1S/C14H21ClN2O2/c1-10-5-6-12(15)8-13(10)17-14(19)9-16-11(2)4-3-7-18/h5-6,8,11,16,18H,3-4,7,9H2,1-2H3,(H,17,19). The highest BCUT2D eigenvalue weighted by atomic mass is 35.5. The summed E-state index contributed by atoms with van der Waals surface area (Å²) in [6.07, 6.45) is 1.59. The summed E-state index contributed by atoms with van der Waals surface area (Å²) in [5.74, 6) is -0.0961. The minimum Gasteiger partial charge on any atom is -0.396 e. The van der Waals surface area contributed by atoms with Gasteiger partial charge in [0.25, 0.3) is 0 Å². The van der Waals surface area contributed by atoms with Crippen molar-refractivity contribution in [1.29, 1.82) is 0 Å². The first kappa shape index (κ1) is 16.0. The molecule has 1 aromatic rings. The summed E-state index contributed by atoms with van der Waals surface area (Å²) in [5, 5.41) is 15.3. The normalized spacial score (nSPS) is 12.2. The molecule has 5 heteroatoms. The van der Waals surface area contributed by atoms with Gasteiger partial charge in [0.15, 0.2) is 0 Å². The average molecular weight is 285 g/mol. The van der Waals surface area contributed by atoms with Crippen LogP contribution in [0.15, 0.2) is 18.2 Å². The van der Waals surface area contributed by atoms with Crippen LogP contribution < -0.4 is 10.6 Å². The Balaban J connectivity index is 2.40. The minimum absolute atomic E-state index is 0.0961. The lowest BCUT2D eigenvalue weighted by molar-refractivity contribution is -0.115. The molecule has 3 N–H and O–H groups in total. The van der Waals surface area contributed by atoms with E-state index in [9.17, 15) is 4.79 Å². The van der Waals surface area contributed by atoms with Gasteiger partial charge in [-0.05, 0) is 44.4 Å². The van der Waals surface area contributed by atoms with Gasteiger partial charge in [0.05, 0.1) is 6.54 Å². The Labute approximate surface area is 119 Å². The van der Waals surface area contributed by atoms with E-state index in [-0.39, 0.29) is 25.1 Å². The Kier molecular flexibility index (Phi) is 6.84. The molecule has 0 aliphatic rings. The molecule has 19 heavy (non-hydrogen) atoms. The monoisotopic (exact) mass is 284 g/mol. The van der Waals surface area contributed by atoms with Crippen molar-refractivity contribution in [2.24, 2.45) is 0 Å². The first-order valence-corrected chi connectivity index (χ1v) is 6.81. The van der Waals surface area contributed by atoms with Crippen LogP contribution in [-0.4, -0.2) is 30.2 Å². The number of benzene rings is 1. The van der Waals surface area contributed by atoms with Crippen LogP contribution in [0, 0.1) is 6.92 Å². The second-order valence-electron chi connectivity index (χ2n) is 4.66. The quantitative estimate of drug-likeness (QED) is 0.720. The van der Waals surface area contributed by atoms with E-state index < -0.39 is 0 Å². The molecule has 1 unspecified atom stereocenters. The SMILES string of the molecule is Cc1ccc(Cl)cc1NC(=O)CNC(C)CCCO. The summed E-state index contributed by atoms with van der Waals surface area (Å²) < 4.78 is 0. The molecule has 1 amide bonds. The van der Waals surface area contributed by atoms with Crippen molar-refractivity contribution in [2.75, 3.05) is 18.5 Å². The zero-order valence-electron chi connectivity index (χ0n) is 11.4. The Morgan fingerprint density at radius 3 is 2.89 bits per heavy atom.